The molecule has 0 aliphatic rings. The molecule has 33 heavy (non-hydrogen) atoms. The Morgan fingerprint density at radius 2 is 1.45 bits per heavy atom. The summed E-state index contributed by atoms with van der Waals surface area (Å²) in [7, 11) is -3.90. The van der Waals surface area contributed by atoms with Crippen LogP contribution in [0.25, 0.3) is 0 Å². The van der Waals surface area contributed by atoms with Crippen molar-refractivity contribution in [3.8, 4) is 0 Å². The molecule has 3 aromatic rings. The van der Waals surface area contributed by atoms with Crippen LogP contribution in [0.4, 0.5) is 0 Å². The van der Waals surface area contributed by atoms with E-state index in [1.165, 1.54) is 12.3 Å². The number of nitrogens with two attached hydrogens (primary N) is 1. The summed E-state index contributed by atoms with van der Waals surface area (Å²) in [4.78, 5) is 25.2. The topological polar surface area (TPSA) is 118 Å². The zero-order valence-electron chi connectivity index (χ0n) is 18.1. The molecule has 0 aromatic heterocycles. The first-order valence-corrected chi connectivity index (χ1v) is 11.8. The van der Waals surface area contributed by atoms with Gasteiger partial charge >= 0.3 is 0 Å². The second kappa shape index (κ2) is 10.7. The molecule has 0 unspecified atom stereocenters. The molecule has 0 aliphatic heterocycles. The van der Waals surface area contributed by atoms with Crippen LogP contribution in [0.5, 0.6) is 0 Å². The van der Waals surface area contributed by atoms with Gasteiger partial charge in [-0.2, -0.15) is 0 Å². The molecule has 3 aromatic carbocycles. The van der Waals surface area contributed by atoms with Crippen molar-refractivity contribution in [3.63, 3.8) is 0 Å². The van der Waals surface area contributed by atoms with E-state index in [9.17, 15) is 18.0 Å². The smallest absolute Gasteiger partial charge is 0.255 e. The van der Waals surface area contributed by atoms with Gasteiger partial charge in [-0.3, -0.25) is 9.59 Å². The molecule has 0 spiro atoms. The quantitative estimate of drug-likeness (QED) is 0.475. The first-order chi connectivity index (χ1) is 15.7. The molecule has 7 nitrogen and oxygen atoms in total. The molecule has 0 aliphatic carbocycles. The van der Waals surface area contributed by atoms with E-state index in [0.717, 1.165) is 5.56 Å². The average Bonchev–Trinajstić information content (AvgIpc) is 2.80. The third kappa shape index (κ3) is 6.86. The Kier molecular flexibility index (Phi) is 7.76. The first-order valence-electron chi connectivity index (χ1n) is 10.3. The number of carbonyl (C=O) groups excluding carboxylic acids is 2. The van der Waals surface area contributed by atoms with E-state index in [1.54, 1.807) is 66.7 Å². The van der Waals surface area contributed by atoms with E-state index < -0.39 is 10.0 Å². The van der Waals surface area contributed by atoms with Gasteiger partial charge in [0.25, 0.3) is 11.8 Å². The molecule has 0 heterocycles. The number of amides is 2. The number of hydrogen-bond acceptors (Lipinski definition) is 4. The molecule has 3 rings (SSSR count). The number of primary sulfonamides is 1. The van der Waals surface area contributed by atoms with Gasteiger partial charge in [0.05, 0.1) is 4.90 Å². The molecule has 0 saturated carbocycles. The van der Waals surface area contributed by atoms with Crippen LogP contribution in [-0.4, -0.2) is 20.2 Å². The Morgan fingerprint density at radius 3 is 2.03 bits per heavy atom. The number of hydrogen-bond donors (Lipinski definition) is 3. The summed E-state index contributed by atoms with van der Waals surface area (Å²) in [5.74, 6) is -0.672. The summed E-state index contributed by atoms with van der Waals surface area (Å²) in [5, 5.41) is 10.9. The van der Waals surface area contributed by atoms with Crippen LogP contribution >= 0.6 is 0 Å². The minimum absolute atomic E-state index is 0.0372. The van der Waals surface area contributed by atoms with Gasteiger partial charge in [0, 0.05) is 23.0 Å². The normalized spacial score (nSPS) is 11.6. The highest BCUT2D eigenvalue weighted by molar-refractivity contribution is 7.89. The molecule has 8 heteroatoms. The lowest BCUT2D eigenvalue weighted by Crippen LogP contribution is -2.26. The molecule has 170 valence electrons. The maximum Gasteiger partial charge on any atom is 0.255 e. The van der Waals surface area contributed by atoms with Crippen molar-refractivity contribution in [2.24, 2.45) is 5.14 Å². The summed E-state index contributed by atoms with van der Waals surface area (Å²) in [5.41, 5.74) is 2.77. The second-order valence-electron chi connectivity index (χ2n) is 7.49. The van der Waals surface area contributed by atoms with E-state index in [2.05, 4.69) is 10.6 Å². The van der Waals surface area contributed by atoms with Crippen LogP contribution in [0.2, 0.25) is 0 Å². The monoisotopic (exact) mass is 463 g/mol. The van der Waals surface area contributed by atoms with E-state index in [0.29, 0.717) is 22.4 Å². The third-order valence-corrected chi connectivity index (χ3v) is 5.92. The SMILES string of the molecule is Cc1ccc(S(N)(=O)=O)c(CCC(=CNC(=O)c2ccccc2)NC(=O)c2ccccc2)c1. The Balaban J connectivity index is 1.83. The van der Waals surface area contributed by atoms with Crippen LogP contribution in [-0.2, 0) is 16.4 Å². The van der Waals surface area contributed by atoms with Gasteiger partial charge in [0.2, 0.25) is 10.0 Å². The highest BCUT2D eigenvalue weighted by Gasteiger charge is 2.15. The Hall–Kier alpha value is -3.75. The number of carbonyl (C=O) groups is 2. The van der Waals surface area contributed by atoms with Crippen molar-refractivity contribution in [1.82, 2.24) is 10.6 Å². The third-order valence-electron chi connectivity index (χ3n) is 4.91. The molecular formula is C25H25N3O4S. The number of allylic oxidation sites excluding steroid dienone is 1. The highest BCUT2D eigenvalue weighted by atomic mass is 32.2. The summed E-state index contributed by atoms with van der Waals surface area (Å²) in [6.07, 6.45) is 1.98. The van der Waals surface area contributed by atoms with Crippen molar-refractivity contribution < 1.29 is 18.0 Å². The molecule has 0 saturated heterocycles. The van der Waals surface area contributed by atoms with Crippen LogP contribution in [0.1, 0.15) is 38.3 Å². The van der Waals surface area contributed by atoms with Gasteiger partial charge in [-0.15, -0.1) is 0 Å². The van der Waals surface area contributed by atoms with Crippen LogP contribution < -0.4 is 15.8 Å². The van der Waals surface area contributed by atoms with Gasteiger partial charge in [0.15, 0.2) is 0 Å². The molecule has 0 radical (unpaired) electrons. The van der Waals surface area contributed by atoms with Crippen molar-refractivity contribution >= 4 is 21.8 Å². The van der Waals surface area contributed by atoms with Gasteiger partial charge in [-0.05, 0) is 55.7 Å². The largest absolute Gasteiger partial charge is 0.327 e. The van der Waals surface area contributed by atoms with Crippen LogP contribution in [0.15, 0.2) is 95.7 Å². The molecule has 0 atom stereocenters. The predicted molar refractivity (Wildman–Crippen MR) is 127 cm³/mol. The zero-order valence-corrected chi connectivity index (χ0v) is 18.9. The maximum atomic E-state index is 12.7. The minimum Gasteiger partial charge on any atom is -0.327 e. The van der Waals surface area contributed by atoms with Crippen LogP contribution in [0.3, 0.4) is 0 Å². The molecule has 0 fully saturated rings. The standard InChI is InChI=1S/C25H25N3O4S/c1-18-12-15-23(33(26,31)32)21(16-18)13-14-22(28-25(30)20-10-6-3-7-11-20)17-27-24(29)19-8-4-2-5-9-19/h2-12,15-17H,13-14H2,1H3,(H,27,29)(H,28,30)(H2,26,31,32). The van der Waals surface area contributed by atoms with Crippen molar-refractivity contribution in [2.45, 2.75) is 24.7 Å². The summed E-state index contributed by atoms with van der Waals surface area (Å²) in [6.45, 7) is 1.85. The van der Waals surface area contributed by atoms with Crippen molar-refractivity contribution in [2.75, 3.05) is 0 Å². The Morgan fingerprint density at radius 1 is 0.879 bits per heavy atom. The molecular weight excluding hydrogens is 438 g/mol. The fourth-order valence-corrected chi connectivity index (χ4v) is 4.04. The van der Waals surface area contributed by atoms with E-state index in [4.69, 9.17) is 5.14 Å². The number of nitrogens with one attached hydrogen (secondary N) is 2. The number of rotatable bonds is 8. The maximum absolute atomic E-state index is 12.7. The van der Waals surface area contributed by atoms with Crippen LogP contribution in [0, 0.1) is 6.92 Å². The first kappa shape index (κ1) is 23.9. The number of sulfonamides is 1. The van der Waals surface area contributed by atoms with Gasteiger partial charge in [-0.25, -0.2) is 13.6 Å². The fourth-order valence-electron chi connectivity index (χ4n) is 3.25. The van der Waals surface area contributed by atoms with E-state index in [1.807, 2.05) is 13.0 Å². The summed E-state index contributed by atoms with van der Waals surface area (Å²) < 4.78 is 24.0. The average molecular weight is 464 g/mol. The van der Waals surface area contributed by atoms with Gasteiger partial charge in [0.1, 0.15) is 0 Å². The van der Waals surface area contributed by atoms with Gasteiger partial charge < -0.3 is 10.6 Å². The van der Waals surface area contributed by atoms with E-state index >= 15 is 0 Å². The second-order valence-corrected chi connectivity index (χ2v) is 9.02. The van der Waals surface area contributed by atoms with Crippen molar-refractivity contribution in [1.29, 1.82) is 0 Å². The number of aryl methyl sites for hydroxylation is 2. The lowest BCUT2D eigenvalue weighted by molar-refractivity contribution is 0.0951. The number of benzene rings is 3. The lowest BCUT2D eigenvalue weighted by atomic mass is 10.1. The molecule has 0 bridgehead atoms. The molecule has 2 amide bonds. The molecule has 4 N–H and O–H groups in total. The zero-order chi connectivity index (χ0) is 23.8. The van der Waals surface area contributed by atoms with Crippen molar-refractivity contribution in [3.05, 3.63) is 113 Å². The van der Waals surface area contributed by atoms with Gasteiger partial charge in [-0.1, -0.05) is 54.1 Å². The summed E-state index contributed by atoms with van der Waals surface area (Å²) in [6, 6.07) is 22.2. The fraction of sp³-hybridized carbons (Fsp3) is 0.120. The summed E-state index contributed by atoms with van der Waals surface area (Å²) >= 11 is 0. The predicted octanol–water partition coefficient (Wildman–Crippen LogP) is 3.28. The minimum atomic E-state index is -3.90. The van der Waals surface area contributed by atoms with E-state index in [-0.39, 0.29) is 29.6 Å². The Bertz CT molecular complexity index is 1270. The highest BCUT2D eigenvalue weighted by Crippen LogP contribution is 2.19. The lowest BCUT2D eigenvalue weighted by Gasteiger charge is -2.13. The Labute approximate surface area is 193 Å².